The van der Waals surface area contributed by atoms with Gasteiger partial charge in [-0.2, -0.15) is 5.26 Å². The summed E-state index contributed by atoms with van der Waals surface area (Å²) < 4.78 is 27.4. The highest BCUT2D eigenvalue weighted by molar-refractivity contribution is 5.98. The van der Waals surface area contributed by atoms with Crippen LogP contribution in [-0.2, 0) is 0 Å². The number of nitrogens with zero attached hydrogens (tertiary/aromatic N) is 2. The van der Waals surface area contributed by atoms with Gasteiger partial charge in [-0.25, -0.2) is 13.8 Å². The molecular formula is C18H9F2N3. The summed E-state index contributed by atoms with van der Waals surface area (Å²) in [6, 6.07) is 13.5. The fourth-order valence-corrected chi connectivity index (χ4v) is 2.74. The molecule has 0 aliphatic rings. The van der Waals surface area contributed by atoms with Crippen LogP contribution in [-0.4, -0.2) is 9.97 Å². The predicted molar refractivity (Wildman–Crippen MR) is 83.7 cm³/mol. The highest BCUT2D eigenvalue weighted by Gasteiger charge is 2.13. The van der Waals surface area contributed by atoms with E-state index < -0.39 is 11.6 Å². The Morgan fingerprint density at radius 1 is 1.04 bits per heavy atom. The molecule has 2 aromatic heterocycles. The molecule has 3 nitrogen and oxygen atoms in total. The van der Waals surface area contributed by atoms with Gasteiger partial charge in [0.25, 0.3) is 0 Å². The van der Waals surface area contributed by atoms with Crippen molar-refractivity contribution in [3.05, 3.63) is 65.9 Å². The van der Waals surface area contributed by atoms with Gasteiger partial charge in [0.1, 0.15) is 11.6 Å². The van der Waals surface area contributed by atoms with Crippen LogP contribution in [0.4, 0.5) is 8.78 Å². The summed E-state index contributed by atoms with van der Waals surface area (Å²) in [6.45, 7) is 0. The molecule has 5 heteroatoms. The summed E-state index contributed by atoms with van der Waals surface area (Å²) in [5.74, 6) is -1.88. The Morgan fingerprint density at radius 3 is 2.70 bits per heavy atom. The van der Waals surface area contributed by atoms with Crippen molar-refractivity contribution in [3.63, 3.8) is 0 Å². The monoisotopic (exact) mass is 305 g/mol. The third kappa shape index (κ3) is 1.96. The second-order valence-corrected chi connectivity index (χ2v) is 5.17. The first kappa shape index (κ1) is 13.4. The van der Waals surface area contributed by atoms with Gasteiger partial charge in [0.05, 0.1) is 16.8 Å². The van der Waals surface area contributed by atoms with E-state index in [-0.39, 0.29) is 5.52 Å². The van der Waals surface area contributed by atoms with Crippen molar-refractivity contribution in [1.82, 2.24) is 9.97 Å². The summed E-state index contributed by atoms with van der Waals surface area (Å²) in [6.07, 6.45) is 1.72. The van der Waals surface area contributed by atoms with Gasteiger partial charge in [-0.05, 0) is 24.3 Å². The lowest BCUT2D eigenvalue weighted by Crippen LogP contribution is -1.91. The Kier molecular flexibility index (Phi) is 2.85. The Morgan fingerprint density at radius 2 is 1.87 bits per heavy atom. The lowest BCUT2D eigenvalue weighted by molar-refractivity contribution is 0.515. The number of H-pyrrole nitrogens is 1. The molecule has 2 heterocycles. The van der Waals surface area contributed by atoms with Crippen molar-refractivity contribution in [2.45, 2.75) is 0 Å². The summed E-state index contributed by atoms with van der Waals surface area (Å²) in [5, 5.41) is 10.5. The Hall–Kier alpha value is -3.26. The highest BCUT2D eigenvalue weighted by atomic mass is 19.2. The third-order valence-corrected chi connectivity index (χ3v) is 3.87. The molecule has 0 saturated heterocycles. The van der Waals surface area contributed by atoms with Crippen LogP contribution in [0.3, 0.4) is 0 Å². The molecule has 0 saturated carbocycles. The number of hydrogen-bond donors (Lipinski definition) is 1. The molecule has 0 bridgehead atoms. The van der Waals surface area contributed by atoms with Crippen LogP contribution in [0.2, 0.25) is 0 Å². The summed E-state index contributed by atoms with van der Waals surface area (Å²) >= 11 is 0. The van der Waals surface area contributed by atoms with E-state index in [1.165, 1.54) is 6.07 Å². The molecular weight excluding hydrogens is 296 g/mol. The SMILES string of the molecule is N#Cc1cccc2c(-c3ccc4ccc(F)c(F)c4n3)c[nH]c12. The predicted octanol–water partition coefficient (Wildman–Crippen LogP) is 4.53. The van der Waals surface area contributed by atoms with E-state index in [0.717, 1.165) is 17.0 Å². The average molecular weight is 305 g/mol. The number of benzene rings is 2. The first-order valence-corrected chi connectivity index (χ1v) is 6.94. The second kappa shape index (κ2) is 4.89. The van der Waals surface area contributed by atoms with Gasteiger partial charge in [-0.1, -0.05) is 18.2 Å². The number of rotatable bonds is 1. The Bertz CT molecular complexity index is 1110. The van der Waals surface area contributed by atoms with Gasteiger partial charge >= 0.3 is 0 Å². The van der Waals surface area contributed by atoms with Crippen LogP contribution in [0, 0.1) is 23.0 Å². The maximum atomic E-state index is 14.0. The number of nitriles is 1. The topological polar surface area (TPSA) is 52.5 Å². The molecule has 0 spiro atoms. The van der Waals surface area contributed by atoms with Crippen molar-refractivity contribution in [3.8, 4) is 17.3 Å². The van der Waals surface area contributed by atoms with Crippen LogP contribution < -0.4 is 0 Å². The standard InChI is InChI=1S/C18H9F2N3/c19-14-6-4-10-5-7-15(23-18(10)16(14)20)13-9-22-17-11(8-21)2-1-3-12(13)17/h1-7,9,22H. The number of pyridine rings is 1. The van der Waals surface area contributed by atoms with Crippen LogP contribution in [0.5, 0.6) is 0 Å². The minimum Gasteiger partial charge on any atom is -0.359 e. The number of aromatic amines is 1. The minimum absolute atomic E-state index is 0.00622. The fourth-order valence-electron chi connectivity index (χ4n) is 2.74. The molecule has 4 aromatic rings. The van der Waals surface area contributed by atoms with E-state index in [1.54, 1.807) is 30.5 Å². The van der Waals surface area contributed by atoms with Crippen molar-refractivity contribution < 1.29 is 8.78 Å². The molecule has 0 aliphatic heterocycles. The van der Waals surface area contributed by atoms with Crippen molar-refractivity contribution >= 4 is 21.8 Å². The van der Waals surface area contributed by atoms with E-state index in [2.05, 4.69) is 16.0 Å². The van der Waals surface area contributed by atoms with Gasteiger partial charge in [0, 0.05) is 22.5 Å². The number of para-hydroxylation sites is 1. The average Bonchev–Trinajstić information content (AvgIpc) is 3.02. The number of nitrogens with one attached hydrogen (secondary N) is 1. The van der Waals surface area contributed by atoms with Gasteiger partial charge in [0.15, 0.2) is 11.6 Å². The molecule has 110 valence electrons. The zero-order valence-electron chi connectivity index (χ0n) is 11.8. The summed E-state index contributed by atoms with van der Waals surface area (Å²) in [4.78, 5) is 7.32. The molecule has 0 atom stereocenters. The van der Waals surface area contributed by atoms with Crippen LogP contribution >= 0.6 is 0 Å². The molecule has 23 heavy (non-hydrogen) atoms. The quantitative estimate of drug-likeness (QED) is 0.561. The molecule has 1 N–H and O–H groups in total. The Balaban J connectivity index is 2.00. The van der Waals surface area contributed by atoms with E-state index in [9.17, 15) is 8.78 Å². The number of halogens is 2. The maximum Gasteiger partial charge on any atom is 0.185 e. The zero-order chi connectivity index (χ0) is 16.0. The maximum absolute atomic E-state index is 14.0. The van der Waals surface area contributed by atoms with Crippen LogP contribution in [0.1, 0.15) is 5.56 Å². The first-order valence-electron chi connectivity index (χ1n) is 6.94. The van der Waals surface area contributed by atoms with E-state index in [0.29, 0.717) is 22.2 Å². The molecule has 0 aliphatic carbocycles. The first-order chi connectivity index (χ1) is 11.2. The molecule has 0 amide bonds. The van der Waals surface area contributed by atoms with E-state index >= 15 is 0 Å². The number of hydrogen-bond acceptors (Lipinski definition) is 2. The van der Waals surface area contributed by atoms with Crippen LogP contribution in [0.15, 0.2) is 48.7 Å². The third-order valence-electron chi connectivity index (χ3n) is 3.87. The van der Waals surface area contributed by atoms with Gasteiger partial charge in [-0.15, -0.1) is 0 Å². The van der Waals surface area contributed by atoms with E-state index in [1.807, 2.05) is 6.07 Å². The lowest BCUT2D eigenvalue weighted by Gasteiger charge is -2.04. The second-order valence-electron chi connectivity index (χ2n) is 5.17. The molecule has 0 radical (unpaired) electrons. The molecule has 2 aromatic carbocycles. The normalized spacial score (nSPS) is 11.0. The number of fused-ring (bicyclic) bond motifs is 2. The molecule has 4 rings (SSSR count). The van der Waals surface area contributed by atoms with Gasteiger partial charge < -0.3 is 4.98 Å². The number of aromatic nitrogens is 2. The zero-order valence-corrected chi connectivity index (χ0v) is 11.8. The lowest BCUT2D eigenvalue weighted by atomic mass is 10.1. The van der Waals surface area contributed by atoms with Crippen LogP contribution in [0.25, 0.3) is 33.1 Å². The molecule has 0 unspecified atom stereocenters. The molecule has 0 fully saturated rings. The van der Waals surface area contributed by atoms with Gasteiger partial charge in [-0.3, -0.25) is 0 Å². The van der Waals surface area contributed by atoms with Crippen molar-refractivity contribution in [1.29, 1.82) is 5.26 Å². The minimum atomic E-state index is -0.957. The smallest absolute Gasteiger partial charge is 0.185 e. The highest BCUT2D eigenvalue weighted by Crippen LogP contribution is 2.30. The van der Waals surface area contributed by atoms with Gasteiger partial charge in [0.2, 0.25) is 0 Å². The van der Waals surface area contributed by atoms with E-state index in [4.69, 9.17) is 5.26 Å². The Labute approximate surface area is 129 Å². The van der Waals surface area contributed by atoms with Crippen molar-refractivity contribution in [2.75, 3.05) is 0 Å². The summed E-state index contributed by atoms with van der Waals surface area (Å²) in [5.41, 5.74) is 2.47. The fraction of sp³-hybridized carbons (Fsp3) is 0. The summed E-state index contributed by atoms with van der Waals surface area (Å²) in [7, 11) is 0. The van der Waals surface area contributed by atoms with Crippen molar-refractivity contribution in [2.24, 2.45) is 0 Å². The largest absolute Gasteiger partial charge is 0.359 e.